The Morgan fingerprint density at radius 1 is 1.03 bits per heavy atom. The first-order valence-corrected chi connectivity index (χ1v) is 10.2. The van der Waals surface area contributed by atoms with Crippen molar-refractivity contribution >= 4 is 29.2 Å². The molecule has 32 heavy (non-hydrogen) atoms. The Kier molecular flexibility index (Phi) is 7.54. The zero-order chi connectivity index (χ0) is 23.1. The summed E-state index contributed by atoms with van der Waals surface area (Å²) in [6.07, 6.45) is 1.75. The predicted molar refractivity (Wildman–Crippen MR) is 125 cm³/mol. The molecule has 5 nitrogen and oxygen atoms in total. The minimum atomic E-state index is -0.571. The summed E-state index contributed by atoms with van der Waals surface area (Å²) >= 11 is 6.16. The molecule has 0 aliphatic heterocycles. The van der Waals surface area contributed by atoms with Gasteiger partial charge in [0.2, 0.25) is 0 Å². The van der Waals surface area contributed by atoms with Crippen molar-refractivity contribution in [3.8, 4) is 23.3 Å². The zero-order valence-corrected chi connectivity index (χ0v) is 18.8. The molecule has 0 N–H and O–H groups in total. The van der Waals surface area contributed by atoms with Crippen LogP contribution < -0.4 is 14.2 Å². The van der Waals surface area contributed by atoms with Crippen LogP contribution in [0.4, 0.5) is 0 Å². The number of hydrogen-bond acceptors (Lipinski definition) is 5. The molecule has 6 heteroatoms. The number of esters is 1. The Morgan fingerprint density at radius 2 is 1.72 bits per heavy atom. The van der Waals surface area contributed by atoms with Crippen molar-refractivity contribution in [1.29, 1.82) is 5.26 Å². The van der Waals surface area contributed by atoms with Gasteiger partial charge in [-0.3, -0.25) is 0 Å². The van der Waals surface area contributed by atoms with Gasteiger partial charge in [-0.2, -0.15) is 5.26 Å². The summed E-state index contributed by atoms with van der Waals surface area (Å²) in [5.74, 6) is 0.605. The number of carbonyl (C=O) groups is 1. The Labute approximate surface area is 192 Å². The topological polar surface area (TPSA) is 68.5 Å². The highest BCUT2D eigenvalue weighted by Crippen LogP contribution is 2.30. The van der Waals surface area contributed by atoms with Crippen LogP contribution in [0.1, 0.15) is 22.3 Å². The van der Waals surface area contributed by atoms with Crippen LogP contribution in [0.3, 0.4) is 0 Å². The van der Waals surface area contributed by atoms with Crippen molar-refractivity contribution in [2.24, 2.45) is 0 Å². The van der Waals surface area contributed by atoms with E-state index in [0.717, 1.165) is 22.3 Å². The molecular formula is C26H22ClNO4. The molecule has 162 valence electrons. The smallest absolute Gasteiger partial charge is 0.349 e. The van der Waals surface area contributed by atoms with Gasteiger partial charge in [0.05, 0.1) is 18.8 Å². The van der Waals surface area contributed by atoms with Gasteiger partial charge in [-0.15, -0.1) is 0 Å². The Bertz CT molecular complexity index is 1170. The first kappa shape index (κ1) is 22.9. The van der Waals surface area contributed by atoms with Crippen LogP contribution in [0.5, 0.6) is 17.2 Å². The Morgan fingerprint density at radius 3 is 2.34 bits per heavy atom. The van der Waals surface area contributed by atoms with Gasteiger partial charge >= 0.3 is 5.97 Å². The van der Waals surface area contributed by atoms with Gasteiger partial charge in [0.1, 0.15) is 5.75 Å². The average Bonchev–Trinajstić information content (AvgIpc) is 2.80. The Hall–Kier alpha value is -3.75. The van der Waals surface area contributed by atoms with E-state index in [1.807, 2.05) is 44.2 Å². The maximum atomic E-state index is 12.3. The van der Waals surface area contributed by atoms with E-state index in [1.54, 1.807) is 36.4 Å². The van der Waals surface area contributed by atoms with Gasteiger partial charge in [-0.05, 0) is 66.4 Å². The minimum Gasteiger partial charge on any atom is -0.493 e. The molecule has 0 unspecified atom stereocenters. The van der Waals surface area contributed by atoms with E-state index < -0.39 is 5.97 Å². The second-order valence-electron chi connectivity index (χ2n) is 7.08. The third-order valence-corrected chi connectivity index (χ3v) is 5.29. The van der Waals surface area contributed by atoms with Gasteiger partial charge in [0, 0.05) is 5.02 Å². The number of halogens is 1. The molecule has 0 atom stereocenters. The standard InChI is InChI=1S/C26H22ClNO4/c1-17-11-22(12-18(2)26(17)27)31-16-25(29)32-23-10-9-19(14-24(23)30-3)13-21(15-28)20-7-5-4-6-8-20/h4-14H,16H2,1-3H3. The average molecular weight is 448 g/mol. The third kappa shape index (κ3) is 5.69. The van der Waals surface area contributed by atoms with Crippen LogP contribution >= 0.6 is 11.6 Å². The molecule has 3 rings (SSSR count). The van der Waals surface area contributed by atoms with E-state index in [9.17, 15) is 10.1 Å². The Balaban J connectivity index is 1.71. The highest BCUT2D eigenvalue weighted by atomic mass is 35.5. The van der Waals surface area contributed by atoms with Crippen LogP contribution in [-0.2, 0) is 4.79 Å². The lowest BCUT2D eigenvalue weighted by atomic mass is 10.0. The number of benzene rings is 3. The van der Waals surface area contributed by atoms with Crippen LogP contribution in [0, 0.1) is 25.2 Å². The second kappa shape index (κ2) is 10.5. The monoisotopic (exact) mass is 447 g/mol. The van der Waals surface area contributed by atoms with Crippen molar-refractivity contribution in [3.05, 3.63) is 87.9 Å². The molecule has 0 amide bonds. The van der Waals surface area contributed by atoms with Crippen molar-refractivity contribution in [2.75, 3.05) is 13.7 Å². The normalized spacial score (nSPS) is 10.9. The lowest BCUT2D eigenvalue weighted by Crippen LogP contribution is -2.18. The molecule has 0 heterocycles. The van der Waals surface area contributed by atoms with E-state index in [-0.39, 0.29) is 12.4 Å². The van der Waals surface area contributed by atoms with E-state index in [1.165, 1.54) is 7.11 Å². The molecule has 0 spiro atoms. The van der Waals surface area contributed by atoms with Gasteiger partial charge in [-0.25, -0.2) is 4.79 Å². The molecule has 3 aromatic carbocycles. The maximum absolute atomic E-state index is 12.3. The summed E-state index contributed by atoms with van der Waals surface area (Å²) in [5, 5.41) is 10.2. The zero-order valence-electron chi connectivity index (χ0n) is 18.0. The lowest BCUT2D eigenvalue weighted by molar-refractivity contribution is -0.136. The van der Waals surface area contributed by atoms with Gasteiger partial charge in [0.25, 0.3) is 0 Å². The van der Waals surface area contributed by atoms with Crippen LogP contribution in [0.2, 0.25) is 5.02 Å². The number of methoxy groups -OCH3 is 1. The molecule has 0 saturated heterocycles. The number of nitriles is 1. The highest BCUT2D eigenvalue weighted by Gasteiger charge is 2.13. The molecule has 0 fully saturated rings. The summed E-state index contributed by atoms with van der Waals surface area (Å²) in [7, 11) is 1.48. The molecule has 0 saturated carbocycles. The van der Waals surface area contributed by atoms with Crippen molar-refractivity contribution in [1.82, 2.24) is 0 Å². The third-order valence-electron chi connectivity index (χ3n) is 4.69. The van der Waals surface area contributed by atoms with Crippen LogP contribution in [0.25, 0.3) is 11.6 Å². The van der Waals surface area contributed by atoms with Gasteiger partial charge < -0.3 is 14.2 Å². The van der Waals surface area contributed by atoms with Gasteiger partial charge in [0.15, 0.2) is 18.1 Å². The van der Waals surface area contributed by atoms with E-state index in [2.05, 4.69) is 6.07 Å². The van der Waals surface area contributed by atoms with Crippen molar-refractivity contribution in [2.45, 2.75) is 13.8 Å². The van der Waals surface area contributed by atoms with Crippen LogP contribution in [-0.4, -0.2) is 19.7 Å². The maximum Gasteiger partial charge on any atom is 0.349 e. The molecule has 0 aliphatic rings. The lowest BCUT2D eigenvalue weighted by Gasteiger charge is -2.12. The fourth-order valence-electron chi connectivity index (χ4n) is 3.11. The highest BCUT2D eigenvalue weighted by molar-refractivity contribution is 6.32. The quantitative estimate of drug-likeness (QED) is 0.192. The van der Waals surface area contributed by atoms with Crippen LogP contribution in [0.15, 0.2) is 60.7 Å². The molecule has 0 aromatic heterocycles. The minimum absolute atomic E-state index is 0.264. The van der Waals surface area contributed by atoms with E-state index in [0.29, 0.717) is 22.1 Å². The fraction of sp³-hybridized carbons (Fsp3) is 0.154. The largest absolute Gasteiger partial charge is 0.493 e. The second-order valence-corrected chi connectivity index (χ2v) is 7.46. The number of nitrogens with zero attached hydrogens (tertiary/aromatic N) is 1. The predicted octanol–water partition coefficient (Wildman–Crippen LogP) is 6.01. The number of allylic oxidation sites excluding steroid dienone is 1. The number of hydrogen-bond donors (Lipinski definition) is 0. The van der Waals surface area contributed by atoms with Crippen molar-refractivity contribution < 1.29 is 19.0 Å². The molecule has 0 radical (unpaired) electrons. The fourth-order valence-corrected chi connectivity index (χ4v) is 3.22. The number of aryl methyl sites for hydroxylation is 2. The summed E-state index contributed by atoms with van der Waals surface area (Å²) in [6, 6.07) is 20.2. The van der Waals surface area contributed by atoms with E-state index in [4.69, 9.17) is 25.8 Å². The number of carbonyl (C=O) groups excluding carboxylic acids is 1. The van der Waals surface area contributed by atoms with E-state index >= 15 is 0 Å². The summed E-state index contributed by atoms with van der Waals surface area (Å²) < 4.78 is 16.3. The SMILES string of the molecule is COc1cc(C=C(C#N)c2ccccc2)ccc1OC(=O)COc1cc(C)c(Cl)c(C)c1. The molecule has 0 aliphatic carbocycles. The molecule has 3 aromatic rings. The molecule has 0 bridgehead atoms. The van der Waals surface area contributed by atoms with Gasteiger partial charge in [-0.1, -0.05) is 48.0 Å². The summed E-state index contributed by atoms with van der Waals surface area (Å²) in [4.78, 5) is 12.3. The number of rotatable bonds is 7. The summed E-state index contributed by atoms with van der Waals surface area (Å²) in [6.45, 7) is 3.48. The first-order chi connectivity index (χ1) is 15.4. The first-order valence-electron chi connectivity index (χ1n) is 9.86. The molecular weight excluding hydrogens is 426 g/mol. The summed E-state index contributed by atoms with van der Waals surface area (Å²) in [5.41, 5.74) is 3.80. The number of ether oxygens (including phenoxy) is 3. The van der Waals surface area contributed by atoms with Crippen molar-refractivity contribution in [3.63, 3.8) is 0 Å².